The summed E-state index contributed by atoms with van der Waals surface area (Å²) in [6.07, 6.45) is 0.907. The first-order chi connectivity index (χ1) is 10.8. The molecule has 4 rings (SSSR count). The highest BCUT2D eigenvalue weighted by Gasteiger charge is 2.32. The van der Waals surface area contributed by atoms with E-state index in [0.29, 0.717) is 13.2 Å². The van der Waals surface area contributed by atoms with Crippen LogP contribution in [0.4, 0.5) is 0 Å². The van der Waals surface area contributed by atoms with Gasteiger partial charge in [-0.15, -0.1) is 0 Å². The third-order valence-electron chi connectivity index (χ3n) is 3.85. The Kier molecular flexibility index (Phi) is 3.07. The van der Waals surface area contributed by atoms with Crippen LogP contribution in [-0.2, 0) is 19.0 Å². The molecule has 0 N–H and O–H groups in total. The van der Waals surface area contributed by atoms with Gasteiger partial charge in [0, 0.05) is 11.1 Å². The fourth-order valence-electron chi connectivity index (χ4n) is 2.88. The Bertz CT molecular complexity index is 718. The van der Waals surface area contributed by atoms with Gasteiger partial charge >= 0.3 is 5.97 Å². The smallest absolute Gasteiger partial charge is 0.377 e. The normalized spacial score (nSPS) is 15.9. The topological polar surface area (TPSA) is 44.8 Å². The Balaban J connectivity index is 1.69. The molecule has 0 aromatic heterocycles. The Morgan fingerprint density at radius 2 is 1.59 bits per heavy atom. The van der Waals surface area contributed by atoms with E-state index >= 15 is 0 Å². The summed E-state index contributed by atoms with van der Waals surface area (Å²) in [5.41, 5.74) is 4.19. The number of esters is 1. The minimum Gasteiger partial charge on any atom is -0.493 e. The lowest BCUT2D eigenvalue weighted by atomic mass is 10.1. The molecule has 2 aliphatic rings. The zero-order valence-corrected chi connectivity index (χ0v) is 11.8. The van der Waals surface area contributed by atoms with Crippen molar-refractivity contribution in [3.8, 4) is 11.1 Å². The molecule has 110 valence electrons. The minimum atomic E-state index is -0.504. The molecule has 2 aromatic carbocycles. The molecule has 0 unspecified atom stereocenters. The van der Waals surface area contributed by atoms with E-state index in [0.717, 1.165) is 22.3 Å². The average molecular weight is 294 g/mol. The summed E-state index contributed by atoms with van der Waals surface area (Å²) in [4.78, 5) is 12.3. The van der Waals surface area contributed by atoms with Crippen LogP contribution >= 0.6 is 0 Å². The summed E-state index contributed by atoms with van der Waals surface area (Å²) in [6.45, 7) is 0.810. The van der Waals surface area contributed by atoms with Crippen LogP contribution in [-0.4, -0.2) is 19.2 Å². The van der Waals surface area contributed by atoms with Gasteiger partial charge in [0.1, 0.15) is 19.5 Å². The molecule has 1 heterocycles. The van der Waals surface area contributed by atoms with Crippen LogP contribution in [0.3, 0.4) is 0 Å². The quantitative estimate of drug-likeness (QED) is 0.798. The molecule has 0 amide bonds. The lowest BCUT2D eigenvalue weighted by molar-refractivity contribution is -0.148. The fourth-order valence-corrected chi connectivity index (χ4v) is 2.88. The van der Waals surface area contributed by atoms with Gasteiger partial charge in [-0.2, -0.15) is 0 Å². The average Bonchev–Trinajstić information content (AvgIpc) is 2.90. The molecule has 0 radical (unpaired) electrons. The van der Waals surface area contributed by atoms with Gasteiger partial charge in [-0.05, 0) is 11.1 Å². The molecule has 0 saturated carbocycles. The van der Waals surface area contributed by atoms with Crippen molar-refractivity contribution in [3.63, 3.8) is 0 Å². The van der Waals surface area contributed by atoms with Gasteiger partial charge in [0.25, 0.3) is 0 Å². The highest BCUT2D eigenvalue weighted by atomic mass is 16.6. The number of carbonyl (C=O) groups is 1. The van der Waals surface area contributed by atoms with Crippen molar-refractivity contribution in [2.24, 2.45) is 0 Å². The van der Waals surface area contributed by atoms with Crippen molar-refractivity contribution < 1.29 is 19.0 Å². The Morgan fingerprint density at radius 3 is 2.18 bits per heavy atom. The Morgan fingerprint density at radius 1 is 0.955 bits per heavy atom. The summed E-state index contributed by atoms with van der Waals surface area (Å²) < 4.78 is 16.1. The van der Waals surface area contributed by atoms with Crippen LogP contribution in [0.5, 0.6) is 0 Å². The molecule has 1 aliphatic heterocycles. The first-order valence-electron chi connectivity index (χ1n) is 7.18. The first kappa shape index (κ1) is 13.0. The van der Waals surface area contributed by atoms with E-state index < -0.39 is 12.1 Å². The van der Waals surface area contributed by atoms with Gasteiger partial charge in [0.05, 0.1) is 0 Å². The monoisotopic (exact) mass is 294 g/mol. The van der Waals surface area contributed by atoms with Gasteiger partial charge in [-0.3, -0.25) is 0 Å². The van der Waals surface area contributed by atoms with Crippen LogP contribution in [0.15, 0.2) is 60.6 Å². The van der Waals surface area contributed by atoms with Gasteiger partial charge in [-0.1, -0.05) is 48.5 Å². The van der Waals surface area contributed by atoms with E-state index in [9.17, 15) is 4.79 Å². The molecule has 0 spiro atoms. The zero-order chi connectivity index (χ0) is 14.9. The standard InChI is InChI=1S/C18H14O4/c19-18(16-11-20-9-10-21-16)22-17-14-7-3-1-5-12(14)13-6-2-4-8-15(13)17/h1-8,11,17H,9-10H2. The lowest BCUT2D eigenvalue weighted by Gasteiger charge is -2.18. The van der Waals surface area contributed by atoms with Crippen LogP contribution in [0, 0.1) is 0 Å². The number of rotatable bonds is 2. The van der Waals surface area contributed by atoms with Crippen LogP contribution in [0.1, 0.15) is 17.2 Å². The van der Waals surface area contributed by atoms with Crippen LogP contribution < -0.4 is 0 Å². The van der Waals surface area contributed by atoms with Gasteiger partial charge < -0.3 is 14.2 Å². The third kappa shape index (κ3) is 2.04. The second-order valence-corrected chi connectivity index (χ2v) is 5.16. The summed E-state index contributed by atoms with van der Waals surface area (Å²) in [5.74, 6) is -0.385. The molecule has 0 atom stereocenters. The summed E-state index contributed by atoms with van der Waals surface area (Å²) in [6, 6.07) is 15.9. The lowest BCUT2D eigenvalue weighted by Crippen LogP contribution is -2.19. The fraction of sp³-hybridized carbons (Fsp3) is 0.167. The minimum absolute atomic E-state index is 0.119. The first-order valence-corrected chi connectivity index (χ1v) is 7.18. The second kappa shape index (κ2) is 5.22. The Hall–Kier alpha value is -2.75. The number of ether oxygens (including phenoxy) is 3. The van der Waals surface area contributed by atoms with E-state index in [-0.39, 0.29) is 5.76 Å². The van der Waals surface area contributed by atoms with Crippen LogP contribution in [0.25, 0.3) is 11.1 Å². The molecule has 0 bridgehead atoms. The molecular formula is C18H14O4. The molecule has 4 nitrogen and oxygen atoms in total. The van der Waals surface area contributed by atoms with E-state index in [2.05, 4.69) is 0 Å². The molecule has 2 aromatic rings. The van der Waals surface area contributed by atoms with Crippen molar-refractivity contribution in [3.05, 3.63) is 71.7 Å². The number of hydrogen-bond acceptors (Lipinski definition) is 4. The van der Waals surface area contributed by atoms with E-state index in [4.69, 9.17) is 14.2 Å². The maximum absolute atomic E-state index is 12.3. The van der Waals surface area contributed by atoms with Gasteiger partial charge in [-0.25, -0.2) is 4.79 Å². The highest BCUT2D eigenvalue weighted by Crippen LogP contribution is 2.45. The van der Waals surface area contributed by atoms with E-state index in [1.807, 2.05) is 48.5 Å². The van der Waals surface area contributed by atoms with Crippen molar-refractivity contribution in [2.45, 2.75) is 6.10 Å². The number of fused-ring (bicyclic) bond motifs is 3. The van der Waals surface area contributed by atoms with Gasteiger partial charge in [0.15, 0.2) is 6.10 Å². The van der Waals surface area contributed by atoms with Crippen LogP contribution in [0.2, 0.25) is 0 Å². The SMILES string of the molecule is O=C(OC1c2ccccc2-c2ccccc21)C1=COCCO1. The number of hydrogen-bond donors (Lipinski definition) is 0. The number of carbonyl (C=O) groups excluding carboxylic acids is 1. The van der Waals surface area contributed by atoms with Crippen molar-refractivity contribution in [1.82, 2.24) is 0 Å². The van der Waals surface area contributed by atoms with Crippen molar-refractivity contribution >= 4 is 5.97 Å². The molecule has 0 saturated heterocycles. The molecule has 4 heteroatoms. The third-order valence-corrected chi connectivity index (χ3v) is 3.85. The second-order valence-electron chi connectivity index (χ2n) is 5.16. The highest BCUT2D eigenvalue weighted by molar-refractivity contribution is 5.88. The summed E-state index contributed by atoms with van der Waals surface area (Å²) in [7, 11) is 0. The summed E-state index contributed by atoms with van der Waals surface area (Å²) in [5, 5.41) is 0. The zero-order valence-electron chi connectivity index (χ0n) is 11.8. The Labute approximate surface area is 127 Å². The number of benzene rings is 2. The van der Waals surface area contributed by atoms with Gasteiger partial charge in [0.2, 0.25) is 5.76 Å². The summed E-state index contributed by atoms with van der Waals surface area (Å²) >= 11 is 0. The maximum atomic E-state index is 12.3. The van der Waals surface area contributed by atoms with E-state index in [1.165, 1.54) is 6.26 Å². The van der Waals surface area contributed by atoms with Crippen molar-refractivity contribution in [1.29, 1.82) is 0 Å². The maximum Gasteiger partial charge on any atom is 0.377 e. The molecule has 22 heavy (non-hydrogen) atoms. The molecule has 0 fully saturated rings. The predicted octanol–water partition coefficient (Wildman–Crippen LogP) is 3.19. The molecule has 1 aliphatic carbocycles. The predicted molar refractivity (Wildman–Crippen MR) is 79.8 cm³/mol. The molecular weight excluding hydrogens is 280 g/mol. The van der Waals surface area contributed by atoms with E-state index in [1.54, 1.807) is 0 Å². The largest absolute Gasteiger partial charge is 0.493 e. The van der Waals surface area contributed by atoms with Crippen molar-refractivity contribution in [2.75, 3.05) is 13.2 Å².